The number of carbonyl (C=O) groups excluding carboxylic acids is 1. The molecule has 1 aromatic heterocycles. The van der Waals surface area contributed by atoms with Gasteiger partial charge in [-0.15, -0.1) is 0 Å². The smallest absolute Gasteiger partial charge is 0.309 e. The number of ether oxygens (including phenoxy) is 1. The van der Waals surface area contributed by atoms with E-state index < -0.39 is 16.3 Å². The maximum absolute atomic E-state index is 13.9. The predicted molar refractivity (Wildman–Crippen MR) is 142 cm³/mol. The third kappa shape index (κ3) is 6.29. The van der Waals surface area contributed by atoms with Crippen LogP contribution in [0.15, 0.2) is 34.9 Å². The summed E-state index contributed by atoms with van der Waals surface area (Å²) in [5.74, 6) is 1.54. The minimum absolute atomic E-state index is 0.227. The molecule has 2 saturated heterocycles. The third-order valence-corrected chi connectivity index (χ3v) is 10.4. The molecule has 3 heterocycles. The molecular weight excluding hydrogens is 504 g/mol. The first kappa shape index (κ1) is 27.3. The summed E-state index contributed by atoms with van der Waals surface area (Å²) in [6.07, 6.45) is 8.98. The van der Waals surface area contributed by atoms with E-state index in [1.54, 1.807) is 11.2 Å². The molecule has 2 atom stereocenters. The van der Waals surface area contributed by atoms with Crippen molar-refractivity contribution in [1.29, 1.82) is 0 Å². The van der Waals surface area contributed by atoms with Crippen molar-refractivity contribution in [2.45, 2.75) is 77.2 Å². The first-order valence-electron chi connectivity index (χ1n) is 14.2. The molecule has 0 amide bonds. The quantitative estimate of drug-likeness (QED) is 0.388. The van der Waals surface area contributed by atoms with Gasteiger partial charge in [-0.05, 0) is 62.8 Å². The highest BCUT2D eigenvalue weighted by atomic mass is 32.2. The molecule has 0 radical (unpaired) electrons. The maximum Gasteiger partial charge on any atom is 0.309 e. The van der Waals surface area contributed by atoms with Crippen molar-refractivity contribution in [2.75, 3.05) is 26.2 Å². The Morgan fingerprint density at radius 2 is 1.84 bits per heavy atom. The lowest BCUT2D eigenvalue weighted by atomic mass is 9.78. The molecule has 2 aliphatic heterocycles. The van der Waals surface area contributed by atoms with Crippen LogP contribution in [0.25, 0.3) is 0 Å². The van der Waals surface area contributed by atoms with Gasteiger partial charge in [0.2, 0.25) is 5.89 Å². The van der Waals surface area contributed by atoms with Gasteiger partial charge in [0.1, 0.15) is 6.04 Å². The molecule has 0 bridgehead atoms. The fourth-order valence-corrected chi connectivity index (χ4v) is 7.94. The minimum Gasteiger partial charge on any atom is -0.466 e. The summed E-state index contributed by atoms with van der Waals surface area (Å²) < 4.78 is 41.7. The van der Waals surface area contributed by atoms with Gasteiger partial charge in [-0.1, -0.05) is 54.8 Å². The molecule has 3 fully saturated rings. The Hall–Kier alpha value is -2.30. The normalized spacial score (nSPS) is 23.9. The van der Waals surface area contributed by atoms with Crippen LogP contribution in [0.4, 0.5) is 0 Å². The van der Waals surface area contributed by atoms with Gasteiger partial charge in [0.25, 0.3) is 10.2 Å². The summed E-state index contributed by atoms with van der Waals surface area (Å²) in [7, 11) is -3.73. The standard InChI is InChI=1S/C28H40N4O5S/c1-2-36-28(33)24-14-16-31(17-15-24)38(34,35)32-20-23(18-22-11-6-12-22)19-25(32)27-29-26(30-37-27)13-7-10-21-8-4-3-5-9-21/h3-5,8-9,22-25H,2,6-7,10-20H2,1H3. The minimum atomic E-state index is -3.73. The number of benzene rings is 1. The van der Waals surface area contributed by atoms with Crippen LogP contribution in [0.3, 0.4) is 0 Å². The van der Waals surface area contributed by atoms with Crippen LogP contribution in [-0.2, 0) is 32.6 Å². The number of aryl methyl sites for hydroxylation is 2. The van der Waals surface area contributed by atoms with Crippen LogP contribution >= 0.6 is 0 Å². The molecule has 208 valence electrons. The van der Waals surface area contributed by atoms with E-state index in [4.69, 9.17) is 9.26 Å². The monoisotopic (exact) mass is 544 g/mol. The fourth-order valence-electron chi connectivity index (χ4n) is 6.07. The molecule has 0 N–H and O–H groups in total. The lowest BCUT2D eigenvalue weighted by molar-refractivity contribution is -0.149. The highest BCUT2D eigenvalue weighted by Crippen LogP contribution is 2.43. The van der Waals surface area contributed by atoms with Crippen molar-refractivity contribution >= 4 is 16.2 Å². The fraction of sp³-hybridized carbons (Fsp3) is 0.679. The molecule has 2 unspecified atom stereocenters. The number of nitrogens with zero attached hydrogens (tertiary/aromatic N) is 4. The average molecular weight is 545 g/mol. The largest absolute Gasteiger partial charge is 0.466 e. The van der Waals surface area contributed by atoms with Gasteiger partial charge >= 0.3 is 5.97 Å². The van der Waals surface area contributed by atoms with Gasteiger partial charge in [-0.3, -0.25) is 4.79 Å². The van der Waals surface area contributed by atoms with Crippen LogP contribution in [0.5, 0.6) is 0 Å². The Labute approximate surface area is 226 Å². The van der Waals surface area contributed by atoms with Crippen LogP contribution in [0.2, 0.25) is 0 Å². The molecule has 5 rings (SSSR count). The lowest BCUT2D eigenvalue weighted by Gasteiger charge is -2.34. The Kier molecular flexibility index (Phi) is 8.80. The van der Waals surface area contributed by atoms with E-state index in [1.165, 1.54) is 29.1 Å². The molecule has 1 saturated carbocycles. The highest BCUT2D eigenvalue weighted by Gasteiger charge is 2.47. The number of hydrogen-bond donors (Lipinski definition) is 0. The van der Waals surface area contributed by atoms with E-state index in [-0.39, 0.29) is 17.8 Å². The van der Waals surface area contributed by atoms with E-state index in [9.17, 15) is 13.2 Å². The molecule has 0 spiro atoms. The second-order valence-corrected chi connectivity index (χ2v) is 12.9. The number of aromatic nitrogens is 2. The number of piperidine rings is 1. The summed E-state index contributed by atoms with van der Waals surface area (Å²) in [6.45, 7) is 3.24. The molecule has 3 aliphatic rings. The van der Waals surface area contributed by atoms with Gasteiger partial charge in [0, 0.05) is 26.1 Å². The third-order valence-electron chi connectivity index (χ3n) is 8.41. The van der Waals surface area contributed by atoms with Crippen molar-refractivity contribution in [3.63, 3.8) is 0 Å². The number of esters is 1. The number of hydrogen-bond acceptors (Lipinski definition) is 7. The van der Waals surface area contributed by atoms with Gasteiger partial charge in [-0.25, -0.2) is 0 Å². The number of rotatable bonds is 11. The van der Waals surface area contributed by atoms with Crippen molar-refractivity contribution in [3.05, 3.63) is 47.6 Å². The Morgan fingerprint density at radius 3 is 2.53 bits per heavy atom. The van der Waals surface area contributed by atoms with E-state index in [0.717, 1.165) is 19.3 Å². The molecular formula is C28H40N4O5S. The van der Waals surface area contributed by atoms with E-state index in [0.29, 0.717) is 69.6 Å². The van der Waals surface area contributed by atoms with Crippen LogP contribution in [-0.4, -0.2) is 59.4 Å². The average Bonchev–Trinajstić information content (AvgIpc) is 3.55. The molecule has 1 aliphatic carbocycles. The van der Waals surface area contributed by atoms with Gasteiger partial charge in [0.15, 0.2) is 5.82 Å². The zero-order chi connectivity index (χ0) is 26.5. The Balaban J connectivity index is 1.26. The summed E-state index contributed by atoms with van der Waals surface area (Å²) in [4.78, 5) is 16.8. The summed E-state index contributed by atoms with van der Waals surface area (Å²) in [6, 6.07) is 9.87. The zero-order valence-corrected chi connectivity index (χ0v) is 23.2. The second kappa shape index (κ2) is 12.3. The van der Waals surface area contributed by atoms with E-state index in [2.05, 4.69) is 22.3 Å². The zero-order valence-electron chi connectivity index (χ0n) is 22.3. The molecule has 2 aromatic rings. The first-order valence-corrected chi connectivity index (χ1v) is 15.6. The summed E-state index contributed by atoms with van der Waals surface area (Å²) in [5, 5.41) is 4.21. The van der Waals surface area contributed by atoms with Gasteiger partial charge in [0.05, 0.1) is 12.5 Å². The molecule has 10 heteroatoms. The van der Waals surface area contributed by atoms with Crippen LogP contribution in [0.1, 0.15) is 81.6 Å². The van der Waals surface area contributed by atoms with Crippen LogP contribution in [0, 0.1) is 17.8 Å². The second-order valence-electron chi connectivity index (χ2n) is 11.0. The molecule has 1 aromatic carbocycles. The van der Waals surface area contributed by atoms with E-state index >= 15 is 0 Å². The molecule has 38 heavy (non-hydrogen) atoms. The summed E-state index contributed by atoms with van der Waals surface area (Å²) in [5.41, 5.74) is 1.27. The van der Waals surface area contributed by atoms with Crippen molar-refractivity contribution < 1.29 is 22.5 Å². The first-order chi connectivity index (χ1) is 18.4. The van der Waals surface area contributed by atoms with Crippen molar-refractivity contribution in [2.24, 2.45) is 17.8 Å². The summed E-state index contributed by atoms with van der Waals surface area (Å²) >= 11 is 0. The van der Waals surface area contributed by atoms with Gasteiger partial charge < -0.3 is 9.26 Å². The Morgan fingerprint density at radius 1 is 1.08 bits per heavy atom. The van der Waals surface area contributed by atoms with Crippen molar-refractivity contribution in [3.8, 4) is 0 Å². The topological polar surface area (TPSA) is 106 Å². The maximum atomic E-state index is 13.9. The molecule has 9 nitrogen and oxygen atoms in total. The van der Waals surface area contributed by atoms with Crippen LogP contribution < -0.4 is 0 Å². The predicted octanol–water partition coefficient (Wildman–Crippen LogP) is 4.32. The highest BCUT2D eigenvalue weighted by molar-refractivity contribution is 7.86. The van der Waals surface area contributed by atoms with E-state index in [1.807, 2.05) is 18.2 Å². The van der Waals surface area contributed by atoms with Gasteiger partial charge in [-0.2, -0.15) is 22.0 Å². The van der Waals surface area contributed by atoms with Crippen molar-refractivity contribution in [1.82, 2.24) is 18.8 Å². The number of carbonyl (C=O) groups is 1. The SMILES string of the molecule is CCOC(=O)C1CCN(S(=O)(=O)N2CC(CC3CCC3)CC2c2nc(CCCc3ccccc3)no2)CC1. The lowest BCUT2D eigenvalue weighted by Crippen LogP contribution is -2.48. The Bertz CT molecular complexity index is 1160.